The first-order valence-corrected chi connectivity index (χ1v) is 9.29. The van der Waals surface area contributed by atoms with Gasteiger partial charge in [-0.1, -0.05) is 12.1 Å². The van der Waals surface area contributed by atoms with E-state index in [9.17, 15) is 9.18 Å². The second kappa shape index (κ2) is 7.83. The molecule has 0 aliphatic heterocycles. The van der Waals surface area contributed by atoms with Crippen LogP contribution in [-0.4, -0.2) is 26.7 Å². The van der Waals surface area contributed by atoms with E-state index in [1.54, 1.807) is 36.8 Å². The number of hydrogen-bond acceptors (Lipinski definition) is 4. The average Bonchev–Trinajstić information content (AvgIpc) is 3.13. The van der Waals surface area contributed by atoms with Gasteiger partial charge in [0.05, 0.1) is 24.6 Å². The Morgan fingerprint density at radius 1 is 1.10 bits per heavy atom. The van der Waals surface area contributed by atoms with Gasteiger partial charge in [-0.2, -0.15) is 0 Å². The Morgan fingerprint density at radius 3 is 2.59 bits per heavy atom. The number of nitrogens with zero attached hydrogens (tertiary/aromatic N) is 3. The molecule has 0 N–H and O–H groups in total. The van der Waals surface area contributed by atoms with Crippen molar-refractivity contribution in [3.63, 3.8) is 0 Å². The standard InChI is InChI=1S/C23H20FN3O2/c1-15(24)29-21-7-5-16(6-8-21)23(28)11-20-10-19-9-17(3-4-18(19)12-26-20)22-13-25-14-27(22)2/h3-10,12-15H,11H2,1-2H3. The SMILES string of the molecule is CC(F)Oc1ccc(C(=O)Cc2cc3cc(-c4cncn4C)ccc3cn2)cc1. The zero-order valence-corrected chi connectivity index (χ0v) is 16.2. The largest absolute Gasteiger partial charge is 0.461 e. The summed E-state index contributed by atoms with van der Waals surface area (Å²) < 4.78 is 19.8. The molecule has 0 spiro atoms. The van der Waals surface area contributed by atoms with E-state index < -0.39 is 6.36 Å². The molecule has 29 heavy (non-hydrogen) atoms. The summed E-state index contributed by atoms with van der Waals surface area (Å²) in [5.74, 6) is 0.336. The molecule has 0 amide bonds. The molecule has 2 aromatic heterocycles. The van der Waals surface area contributed by atoms with Crippen LogP contribution in [0.5, 0.6) is 5.75 Å². The zero-order chi connectivity index (χ0) is 20.4. The first-order valence-electron chi connectivity index (χ1n) is 9.29. The molecule has 6 heteroatoms. The third kappa shape index (κ3) is 4.16. The van der Waals surface area contributed by atoms with Crippen LogP contribution < -0.4 is 4.74 Å². The van der Waals surface area contributed by atoms with E-state index in [-0.39, 0.29) is 12.2 Å². The third-order valence-corrected chi connectivity index (χ3v) is 4.71. The molecule has 146 valence electrons. The highest BCUT2D eigenvalue weighted by Gasteiger charge is 2.11. The van der Waals surface area contributed by atoms with Gasteiger partial charge in [-0.25, -0.2) is 9.37 Å². The van der Waals surface area contributed by atoms with Gasteiger partial charge < -0.3 is 9.30 Å². The van der Waals surface area contributed by atoms with E-state index in [0.717, 1.165) is 22.0 Å². The van der Waals surface area contributed by atoms with Crippen molar-refractivity contribution in [1.82, 2.24) is 14.5 Å². The number of carbonyl (C=O) groups excluding carboxylic acids is 1. The second-order valence-electron chi connectivity index (χ2n) is 6.91. The van der Waals surface area contributed by atoms with Crippen LogP contribution >= 0.6 is 0 Å². The average molecular weight is 389 g/mol. The van der Waals surface area contributed by atoms with E-state index in [2.05, 4.69) is 16.0 Å². The molecule has 0 fully saturated rings. The van der Waals surface area contributed by atoms with Gasteiger partial charge in [0.1, 0.15) is 5.75 Å². The summed E-state index contributed by atoms with van der Waals surface area (Å²) >= 11 is 0. The Bertz CT molecular complexity index is 1170. The quantitative estimate of drug-likeness (QED) is 0.446. The maximum absolute atomic E-state index is 12.9. The molecule has 0 aliphatic carbocycles. The van der Waals surface area contributed by atoms with Gasteiger partial charge in [-0.05, 0) is 41.8 Å². The van der Waals surface area contributed by atoms with Crippen LogP contribution in [0.4, 0.5) is 4.39 Å². The van der Waals surface area contributed by atoms with Crippen molar-refractivity contribution >= 4 is 16.6 Å². The molecule has 0 saturated heterocycles. The number of carbonyl (C=O) groups is 1. The summed E-state index contributed by atoms with van der Waals surface area (Å²) in [4.78, 5) is 21.2. The van der Waals surface area contributed by atoms with Gasteiger partial charge >= 0.3 is 0 Å². The molecule has 2 heterocycles. The van der Waals surface area contributed by atoms with Crippen LogP contribution in [0.1, 0.15) is 23.0 Å². The lowest BCUT2D eigenvalue weighted by Crippen LogP contribution is -2.06. The molecular weight excluding hydrogens is 369 g/mol. The minimum Gasteiger partial charge on any atom is -0.461 e. The summed E-state index contributed by atoms with van der Waals surface area (Å²) in [6.07, 6.45) is 4.16. The van der Waals surface area contributed by atoms with Crippen molar-refractivity contribution in [1.29, 1.82) is 0 Å². The zero-order valence-electron chi connectivity index (χ0n) is 16.2. The lowest BCUT2D eigenvalue weighted by Gasteiger charge is -2.08. The number of aryl methyl sites for hydroxylation is 1. The maximum atomic E-state index is 12.9. The Morgan fingerprint density at radius 2 is 1.90 bits per heavy atom. The van der Waals surface area contributed by atoms with Crippen LogP contribution in [0.25, 0.3) is 22.0 Å². The maximum Gasteiger partial charge on any atom is 0.235 e. The topological polar surface area (TPSA) is 57.0 Å². The molecule has 0 saturated carbocycles. The summed E-state index contributed by atoms with van der Waals surface area (Å²) in [5, 5.41) is 2.02. The molecule has 4 aromatic rings. The van der Waals surface area contributed by atoms with E-state index in [1.807, 2.05) is 36.0 Å². The number of alkyl halides is 1. The van der Waals surface area contributed by atoms with Gasteiger partial charge in [-0.3, -0.25) is 9.78 Å². The van der Waals surface area contributed by atoms with E-state index in [4.69, 9.17) is 4.74 Å². The normalized spacial score (nSPS) is 12.1. The Hall–Kier alpha value is -3.54. The molecular formula is C23H20FN3O2. The van der Waals surface area contributed by atoms with Crippen molar-refractivity contribution in [3.8, 4) is 17.0 Å². The van der Waals surface area contributed by atoms with Crippen molar-refractivity contribution in [2.75, 3.05) is 0 Å². The molecule has 2 aromatic carbocycles. The molecule has 1 atom stereocenters. The fourth-order valence-electron chi connectivity index (χ4n) is 3.25. The highest BCUT2D eigenvalue weighted by atomic mass is 19.1. The smallest absolute Gasteiger partial charge is 0.235 e. The Labute approximate surface area is 167 Å². The van der Waals surface area contributed by atoms with Crippen LogP contribution in [0.3, 0.4) is 0 Å². The Kier molecular flexibility index (Phi) is 5.08. The summed E-state index contributed by atoms with van der Waals surface area (Å²) in [6, 6.07) is 14.5. The predicted molar refractivity (Wildman–Crippen MR) is 110 cm³/mol. The number of rotatable bonds is 6. The van der Waals surface area contributed by atoms with Crippen LogP contribution in [0, 0.1) is 0 Å². The summed E-state index contributed by atoms with van der Waals surface area (Å²) in [5.41, 5.74) is 3.31. The highest BCUT2D eigenvalue weighted by Crippen LogP contribution is 2.24. The number of pyridine rings is 1. The molecule has 4 rings (SSSR count). The molecule has 0 radical (unpaired) electrons. The molecule has 0 aliphatic rings. The number of fused-ring (bicyclic) bond motifs is 1. The number of halogens is 1. The minimum atomic E-state index is -1.39. The Balaban J connectivity index is 1.56. The van der Waals surface area contributed by atoms with Gasteiger partial charge in [0.15, 0.2) is 5.78 Å². The molecule has 1 unspecified atom stereocenters. The predicted octanol–water partition coefficient (Wildman–Crippen LogP) is 4.76. The van der Waals surface area contributed by atoms with Gasteiger partial charge in [0.25, 0.3) is 0 Å². The number of benzene rings is 2. The van der Waals surface area contributed by atoms with Crippen molar-refractivity contribution in [3.05, 3.63) is 78.5 Å². The fraction of sp³-hybridized carbons (Fsp3) is 0.174. The van der Waals surface area contributed by atoms with Gasteiger partial charge in [0.2, 0.25) is 6.36 Å². The van der Waals surface area contributed by atoms with E-state index in [0.29, 0.717) is 17.0 Å². The first-order chi connectivity index (χ1) is 14.0. The number of Topliss-reactive ketones (excluding diaryl/α,β-unsaturated/α-hetero) is 1. The van der Waals surface area contributed by atoms with Crippen molar-refractivity contribution < 1.29 is 13.9 Å². The lowest BCUT2D eigenvalue weighted by molar-refractivity contribution is 0.0860. The lowest BCUT2D eigenvalue weighted by atomic mass is 10.0. The minimum absolute atomic E-state index is 0.0560. The van der Waals surface area contributed by atoms with Gasteiger partial charge in [-0.15, -0.1) is 0 Å². The third-order valence-electron chi connectivity index (χ3n) is 4.71. The molecule has 0 bridgehead atoms. The first kappa shape index (κ1) is 18.8. The number of aromatic nitrogens is 3. The number of imidazole rings is 1. The monoisotopic (exact) mass is 389 g/mol. The number of ether oxygens (including phenoxy) is 1. The molecule has 5 nitrogen and oxygen atoms in total. The summed E-state index contributed by atoms with van der Waals surface area (Å²) in [6.45, 7) is 1.31. The number of ketones is 1. The summed E-state index contributed by atoms with van der Waals surface area (Å²) in [7, 11) is 1.95. The van der Waals surface area contributed by atoms with Crippen molar-refractivity contribution in [2.24, 2.45) is 7.05 Å². The van der Waals surface area contributed by atoms with Crippen molar-refractivity contribution in [2.45, 2.75) is 19.7 Å². The van der Waals surface area contributed by atoms with Crippen LogP contribution in [-0.2, 0) is 13.5 Å². The number of hydrogen-bond donors (Lipinski definition) is 0. The van der Waals surface area contributed by atoms with Crippen LogP contribution in [0.15, 0.2) is 67.3 Å². The highest BCUT2D eigenvalue weighted by molar-refractivity contribution is 5.98. The van der Waals surface area contributed by atoms with E-state index >= 15 is 0 Å². The van der Waals surface area contributed by atoms with Gasteiger partial charge in [0, 0.05) is 42.4 Å². The second-order valence-corrected chi connectivity index (χ2v) is 6.91. The fourth-order valence-corrected chi connectivity index (χ4v) is 3.25. The van der Waals surface area contributed by atoms with Crippen LogP contribution in [0.2, 0.25) is 0 Å². The van der Waals surface area contributed by atoms with E-state index in [1.165, 1.54) is 6.92 Å².